The maximum atomic E-state index is 12.6. The lowest BCUT2D eigenvalue weighted by Gasteiger charge is -2.30. The first kappa shape index (κ1) is 16.5. The zero-order valence-corrected chi connectivity index (χ0v) is 14.5. The Hall–Kier alpha value is -2.96. The predicted octanol–water partition coefficient (Wildman–Crippen LogP) is 2.51. The van der Waals surface area contributed by atoms with Crippen LogP contribution in [0.3, 0.4) is 0 Å². The summed E-state index contributed by atoms with van der Waals surface area (Å²) in [7, 11) is 0. The van der Waals surface area contributed by atoms with Gasteiger partial charge >= 0.3 is 0 Å². The van der Waals surface area contributed by atoms with Crippen LogP contribution in [0.4, 0.5) is 5.69 Å². The molecular weight excluding hydrogens is 332 g/mol. The summed E-state index contributed by atoms with van der Waals surface area (Å²) in [6.07, 6.45) is 12.6. The number of allylic oxidation sites excluding steroid dienone is 4. The van der Waals surface area contributed by atoms with Crippen molar-refractivity contribution in [3.63, 3.8) is 0 Å². The quantitative estimate of drug-likeness (QED) is 0.851. The first-order valence-electron chi connectivity index (χ1n) is 8.77. The van der Waals surface area contributed by atoms with Gasteiger partial charge in [0.1, 0.15) is 17.7 Å². The molecule has 0 aromatic carbocycles. The third-order valence-corrected chi connectivity index (χ3v) is 4.89. The van der Waals surface area contributed by atoms with E-state index in [2.05, 4.69) is 28.3 Å². The lowest BCUT2D eigenvalue weighted by Crippen LogP contribution is -2.34. The van der Waals surface area contributed by atoms with E-state index in [1.807, 2.05) is 12.2 Å². The van der Waals surface area contributed by atoms with E-state index >= 15 is 0 Å². The van der Waals surface area contributed by atoms with E-state index in [4.69, 9.17) is 4.42 Å². The van der Waals surface area contributed by atoms with Gasteiger partial charge in [-0.1, -0.05) is 25.2 Å². The highest BCUT2D eigenvalue weighted by molar-refractivity contribution is 5.62. The van der Waals surface area contributed by atoms with Crippen LogP contribution in [0, 0.1) is 5.92 Å². The molecule has 1 aliphatic carbocycles. The minimum absolute atomic E-state index is 0.00482. The fraction of sp³-hybridized carbons (Fsp3) is 0.368. The molecule has 0 radical (unpaired) electrons. The number of rotatable bonds is 4. The summed E-state index contributed by atoms with van der Waals surface area (Å²) in [6, 6.07) is -0.162. The zero-order chi connectivity index (χ0) is 18.1. The van der Waals surface area contributed by atoms with E-state index in [9.17, 15) is 9.59 Å². The lowest BCUT2D eigenvalue weighted by molar-refractivity contribution is -0.108. The summed E-state index contributed by atoms with van der Waals surface area (Å²) < 4.78 is 7.31. The number of fused-ring (bicyclic) bond motifs is 1. The van der Waals surface area contributed by atoms with Gasteiger partial charge in [0.05, 0.1) is 30.8 Å². The van der Waals surface area contributed by atoms with Crippen LogP contribution in [-0.4, -0.2) is 20.8 Å². The van der Waals surface area contributed by atoms with Crippen molar-refractivity contribution in [1.29, 1.82) is 0 Å². The van der Waals surface area contributed by atoms with Crippen molar-refractivity contribution in [1.82, 2.24) is 14.5 Å². The standard InChI is InChI=1S/C19H20N4O3/c1-12-9-14-17(19(25)23(7-8-24)11-21-14)22-16(12)15-10-20-18(26-15)13-5-3-2-4-6-13/h2-3,5,8,10-12,16,22H,4,6-7,9H2,1H3. The molecule has 7 nitrogen and oxygen atoms in total. The fourth-order valence-corrected chi connectivity index (χ4v) is 3.47. The zero-order valence-electron chi connectivity index (χ0n) is 14.5. The van der Waals surface area contributed by atoms with Crippen molar-refractivity contribution >= 4 is 17.5 Å². The van der Waals surface area contributed by atoms with Crippen molar-refractivity contribution in [2.45, 2.75) is 38.8 Å². The largest absolute Gasteiger partial charge is 0.439 e. The molecule has 7 heteroatoms. The SMILES string of the molecule is CC1Cc2ncn(CC=O)c(=O)c2NC1c1cnc(C2=CC=CCC2)o1. The Morgan fingerprint density at radius 3 is 3.08 bits per heavy atom. The van der Waals surface area contributed by atoms with E-state index in [1.165, 1.54) is 10.9 Å². The van der Waals surface area contributed by atoms with Gasteiger partial charge in [0.15, 0.2) is 0 Å². The van der Waals surface area contributed by atoms with Crippen LogP contribution in [-0.2, 0) is 17.8 Å². The van der Waals surface area contributed by atoms with Crippen LogP contribution in [0.1, 0.15) is 43.2 Å². The van der Waals surface area contributed by atoms with Crippen LogP contribution in [0.2, 0.25) is 0 Å². The van der Waals surface area contributed by atoms with Gasteiger partial charge in [-0.25, -0.2) is 9.97 Å². The van der Waals surface area contributed by atoms with Crippen molar-refractivity contribution in [3.8, 4) is 0 Å². The van der Waals surface area contributed by atoms with Crippen molar-refractivity contribution in [2.24, 2.45) is 5.92 Å². The van der Waals surface area contributed by atoms with E-state index in [0.717, 1.165) is 24.1 Å². The second kappa shape index (κ2) is 6.74. The normalized spacial score (nSPS) is 21.7. The van der Waals surface area contributed by atoms with Crippen LogP contribution < -0.4 is 10.9 Å². The number of aromatic nitrogens is 3. The predicted molar refractivity (Wildman–Crippen MR) is 96.6 cm³/mol. The molecule has 134 valence electrons. The monoisotopic (exact) mass is 352 g/mol. The van der Waals surface area contributed by atoms with Gasteiger partial charge in [-0.2, -0.15) is 0 Å². The minimum atomic E-state index is -0.237. The van der Waals surface area contributed by atoms with E-state index in [-0.39, 0.29) is 24.1 Å². The molecule has 26 heavy (non-hydrogen) atoms. The molecule has 0 saturated heterocycles. The number of hydrogen-bond acceptors (Lipinski definition) is 6. The Balaban J connectivity index is 1.65. The summed E-state index contributed by atoms with van der Waals surface area (Å²) >= 11 is 0. The highest BCUT2D eigenvalue weighted by Crippen LogP contribution is 2.35. The first-order chi connectivity index (χ1) is 12.7. The number of carbonyl (C=O) groups is 1. The molecule has 2 unspecified atom stereocenters. The molecule has 2 aliphatic rings. The van der Waals surface area contributed by atoms with Gasteiger partial charge in [-0.05, 0) is 25.2 Å². The average molecular weight is 352 g/mol. The maximum absolute atomic E-state index is 12.6. The Bertz CT molecular complexity index is 954. The van der Waals surface area contributed by atoms with E-state index < -0.39 is 0 Å². The fourth-order valence-electron chi connectivity index (χ4n) is 3.47. The molecular formula is C19H20N4O3. The molecule has 0 saturated carbocycles. The summed E-state index contributed by atoms with van der Waals surface area (Å²) in [6.45, 7) is 2.08. The van der Waals surface area contributed by atoms with E-state index in [0.29, 0.717) is 30.0 Å². The van der Waals surface area contributed by atoms with Gasteiger partial charge in [0.25, 0.3) is 5.56 Å². The smallest absolute Gasteiger partial charge is 0.277 e. The number of nitrogens with one attached hydrogen (secondary N) is 1. The molecule has 0 fully saturated rings. The molecule has 1 N–H and O–H groups in total. The molecule has 0 bridgehead atoms. The number of nitrogens with zero attached hydrogens (tertiary/aromatic N) is 3. The molecule has 3 heterocycles. The third kappa shape index (κ3) is 2.89. The van der Waals surface area contributed by atoms with Crippen LogP contribution >= 0.6 is 0 Å². The molecule has 2 aromatic rings. The third-order valence-electron chi connectivity index (χ3n) is 4.89. The van der Waals surface area contributed by atoms with Gasteiger partial charge in [-0.3, -0.25) is 9.36 Å². The second-order valence-corrected chi connectivity index (χ2v) is 6.72. The molecule has 0 amide bonds. The molecule has 2 aromatic heterocycles. The molecule has 1 aliphatic heterocycles. The van der Waals surface area contributed by atoms with Gasteiger partial charge < -0.3 is 14.5 Å². The molecule has 4 rings (SSSR count). The minimum Gasteiger partial charge on any atom is -0.439 e. The van der Waals surface area contributed by atoms with Crippen LogP contribution in [0.5, 0.6) is 0 Å². The van der Waals surface area contributed by atoms with Gasteiger partial charge in [0, 0.05) is 5.57 Å². The second-order valence-electron chi connectivity index (χ2n) is 6.72. The summed E-state index contributed by atoms with van der Waals surface area (Å²) in [5.41, 5.74) is 2.01. The Labute approximate surface area is 150 Å². The number of anilines is 1. The Morgan fingerprint density at radius 1 is 1.42 bits per heavy atom. The lowest BCUT2D eigenvalue weighted by atomic mass is 9.90. The maximum Gasteiger partial charge on any atom is 0.277 e. The van der Waals surface area contributed by atoms with Gasteiger partial charge in [0.2, 0.25) is 5.89 Å². The summed E-state index contributed by atoms with van der Waals surface area (Å²) in [5, 5.41) is 3.27. The number of hydrogen-bond donors (Lipinski definition) is 1. The number of aldehydes is 1. The Morgan fingerprint density at radius 2 is 2.31 bits per heavy atom. The average Bonchev–Trinajstić information content (AvgIpc) is 3.14. The number of carbonyl (C=O) groups excluding carboxylic acids is 1. The highest BCUT2D eigenvalue weighted by Gasteiger charge is 2.32. The van der Waals surface area contributed by atoms with Gasteiger partial charge in [-0.15, -0.1) is 0 Å². The number of oxazole rings is 1. The summed E-state index contributed by atoms with van der Waals surface area (Å²) in [5.74, 6) is 1.53. The molecule has 2 atom stereocenters. The van der Waals surface area contributed by atoms with Crippen LogP contribution in [0.15, 0.2) is 40.0 Å². The van der Waals surface area contributed by atoms with Crippen molar-refractivity contribution in [3.05, 3.63) is 58.5 Å². The highest BCUT2D eigenvalue weighted by atomic mass is 16.4. The van der Waals surface area contributed by atoms with Crippen molar-refractivity contribution in [2.75, 3.05) is 5.32 Å². The van der Waals surface area contributed by atoms with Crippen LogP contribution in [0.25, 0.3) is 5.57 Å². The molecule has 0 spiro atoms. The summed E-state index contributed by atoms with van der Waals surface area (Å²) in [4.78, 5) is 32.1. The van der Waals surface area contributed by atoms with E-state index in [1.54, 1.807) is 6.20 Å². The van der Waals surface area contributed by atoms with Crippen molar-refractivity contribution < 1.29 is 9.21 Å². The Kier molecular flexibility index (Phi) is 4.28. The topological polar surface area (TPSA) is 90.0 Å². The first-order valence-corrected chi connectivity index (χ1v) is 8.77.